The third kappa shape index (κ3) is 9.11. The van der Waals surface area contributed by atoms with Crippen molar-refractivity contribution in [3.8, 4) is 11.5 Å². The molecule has 0 radical (unpaired) electrons. The maximum Gasteiger partial charge on any atom is 0.408 e. The van der Waals surface area contributed by atoms with Crippen molar-refractivity contribution in [2.45, 2.75) is 93.9 Å². The van der Waals surface area contributed by atoms with Crippen LogP contribution in [0.3, 0.4) is 0 Å². The first-order chi connectivity index (χ1) is 24.1. The van der Waals surface area contributed by atoms with Crippen molar-refractivity contribution in [3.63, 3.8) is 0 Å². The van der Waals surface area contributed by atoms with Gasteiger partial charge in [-0.1, -0.05) is 12.2 Å². The van der Waals surface area contributed by atoms with Crippen LogP contribution < -0.4 is 24.8 Å². The first-order valence-corrected chi connectivity index (χ1v) is 18.5. The fourth-order valence-electron chi connectivity index (χ4n) is 6.19. The molecule has 3 fully saturated rings. The highest BCUT2D eigenvalue weighted by Crippen LogP contribution is 2.46. The average molecular weight is 735 g/mol. The molecule has 2 aliphatic heterocycles. The summed E-state index contributed by atoms with van der Waals surface area (Å²) in [6.45, 7) is 5.21. The van der Waals surface area contributed by atoms with E-state index in [4.69, 9.17) is 23.7 Å². The lowest BCUT2D eigenvalue weighted by Crippen LogP contribution is -2.58. The van der Waals surface area contributed by atoms with Crippen LogP contribution in [0.15, 0.2) is 30.4 Å². The maximum atomic E-state index is 14.2. The normalized spacial score (nSPS) is 27.7. The summed E-state index contributed by atoms with van der Waals surface area (Å²) in [5.41, 5.74) is -2.38. The minimum absolute atomic E-state index is 0.0862. The van der Waals surface area contributed by atoms with E-state index in [1.54, 1.807) is 39.0 Å². The molecule has 1 aromatic carbocycles. The molecule has 0 aromatic heterocycles. The van der Waals surface area contributed by atoms with Crippen LogP contribution in [-0.4, -0.2) is 112 Å². The van der Waals surface area contributed by atoms with Gasteiger partial charge in [-0.2, -0.15) is 0 Å². The number of alkyl carbamates (subject to hydrolysis) is 1. The zero-order chi connectivity index (χ0) is 37.1. The highest BCUT2D eigenvalue weighted by molar-refractivity contribution is 7.91. The predicted octanol–water partition coefficient (Wildman–Crippen LogP) is 1.57. The molecule has 0 spiro atoms. The second kappa shape index (κ2) is 15.1. The Morgan fingerprint density at radius 1 is 1.08 bits per heavy atom. The summed E-state index contributed by atoms with van der Waals surface area (Å²) >= 11 is 0. The van der Waals surface area contributed by atoms with Gasteiger partial charge in [0, 0.05) is 25.0 Å². The summed E-state index contributed by atoms with van der Waals surface area (Å²) in [4.78, 5) is 69.4. The van der Waals surface area contributed by atoms with Gasteiger partial charge in [-0.15, -0.1) is 0 Å². The molecule has 1 saturated heterocycles. The number of methoxy groups -OCH3 is 2. The topological polar surface area (TPSA) is 205 Å². The number of hydrogen-bond acceptors (Lipinski definition) is 12. The van der Waals surface area contributed by atoms with Gasteiger partial charge in [0.15, 0.2) is 0 Å². The molecule has 16 nitrogen and oxygen atoms in total. The zero-order valence-electron chi connectivity index (χ0n) is 29.4. The molecular formula is C34H46N4O12S. The Morgan fingerprint density at radius 2 is 1.82 bits per heavy atom. The van der Waals surface area contributed by atoms with Gasteiger partial charge in [0.05, 0.1) is 32.6 Å². The van der Waals surface area contributed by atoms with Crippen LogP contribution in [0.2, 0.25) is 0 Å². The van der Waals surface area contributed by atoms with Crippen LogP contribution in [0, 0.1) is 5.92 Å². The number of carbonyl (C=O) groups excluding carboxylic acids is 5. The number of hydrogen-bond donors (Lipinski definition) is 3. The molecular weight excluding hydrogens is 688 g/mol. The van der Waals surface area contributed by atoms with Crippen molar-refractivity contribution in [1.29, 1.82) is 0 Å². The quantitative estimate of drug-likeness (QED) is 0.257. The first-order valence-electron chi connectivity index (χ1n) is 16.9. The maximum absolute atomic E-state index is 14.2. The molecule has 4 aliphatic rings. The molecule has 3 N–H and O–H groups in total. The lowest BCUT2D eigenvalue weighted by molar-refractivity contribution is -0.141. The number of nitrogens with zero attached hydrogens (tertiary/aromatic N) is 1. The Kier molecular flexibility index (Phi) is 11.2. The van der Waals surface area contributed by atoms with Crippen LogP contribution in [0.5, 0.6) is 11.5 Å². The molecule has 5 atom stereocenters. The molecule has 0 bridgehead atoms. The highest BCUT2D eigenvalue weighted by atomic mass is 32.2. The van der Waals surface area contributed by atoms with Crippen molar-refractivity contribution in [2.24, 2.45) is 5.92 Å². The van der Waals surface area contributed by atoms with Crippen LogP contribution in [0.4, 0.5) is 4.79 Å². The number of fused-ring (bicyclic) bond motifs is 2. The number of nitrogens with one attached hydrogen (secondary N) is 3. The standard InChI is InChI=1S/C34H46N4O12S/c1-33(2,3)50-32(43)35-25-9-7-15-48-14-6-8-20-18-34(20,31(42)37-51(44,45)23-11-12-23)36-28(39)26-16-22(19-38(26)29(25)40)49-30(41)24-13-10-21(46-4)17-27(24)47-5/h6,8,10,13,17,20,22-23,25-26H,7,9,11-12,14-16,18-19H2,1-5H3,(H,35,43)(H,36,39)(H,37,42)/b8-6-/t20-,22+,25-,26-,34+/m0/s1. The summed E-state index contributed by atoms with van der Waals surface area (Å²) in [6.07, 6.45) is 2.88. The Morgan fingerprint density at radius 3 is 2.49 bits per heavy atom. The van der Waals surface area contributed by atoms with Crippen LogP contribution >= 0.6 is 0 Å². The van der Waals surface area contributed by atoms with Gasteiger partial charge < -0.3 is 39.2 Å². The van der Waals surface area contributed by atoms with E-state index >= 15 is 0 Å². The van der Waals surface area contributed by atoms with E-state index in [2.05, 4.69) is 15.4 Å². The summed E-state index contributed by atoms with van der Waals surface area (Å²) < 4.78 is 55.0. The van der Waals surface area contributed by atoms with Crippen LogP contribution in [-0.2, 0) is 38.6 Å². The molecule has 4 amide bonds. The van der Waals surface area contributed by atoms with Gasteiger partial charge >= 0.3 is 12.1 Å². The zero-order valence-corrected chi connectivity index (χ0v) is 30.2. The lowest BCUT2D eigenvalue weighted by atomic mass is 10.1. The predicted molar refractivity (Wildman–Crippen MR) is 180 cm³/mol. The molecule has 51 heavy (non-hydrogen) atoms. The number of ether oxygens (including phenoxy) is 5. The Labute approximate surface area is 296 Å². The molecule has 280 valence electrons. The number of benzene rings is 1. The van der Waals surface area contributed by atoms with Gasteiger partial charge in [0.2, 0.25) is 21.8 Å². The molecule has 5 rings (SSSR count). The summed E-state index contributed by atoms with van der Waals surface area (Å²) in [5, 5.41) is 4.69. The fourth-order valence-corrected chi connectivity index (χ4v) is 7.56. The van der Waals surface area contributed by atoms with E-state index in [1.807, 2.05) is 0 Å². The fraction of sp³-hybridized carbons (Fsp3) is 0.618. The van der Waals surface area contributed by atoms with Gasteiger partial charge in [0.25, 0.3) is 5.91 Å². The van der Waals surface area contributed by atoms with E-state index in [-0.39, 0.29) is 50.3 Å². The Balaban J connectivity index is 1.44. The SMILES string of the molecule is COc1ccc(C(=O)O[C@@H]2C[C@H]3C(=O)N[C@]4(C(=O)NS(=O)(=O)C5CC5)C[C@@H]4/C=C\COCCC[C@H](NC(=O)OC(C)(C)C)C(=O)N3C2)c(OC)c1. The number of esters is 1. The third-order valence-electron chi connectivity index (χ3n) is 9.07. The highest BCUT2D eigenvalue weighted by Gasteiger charge is 2.62. The van der Waals surface area contributed by atoms with Crippen molar-refractivity contribution < 1.29 is 56.1 Å². The third-order valence-corrected chi connectivity index (χ3v) is 10.9. The molecule has 0 unspecified atom stereocenters. The van der Waals surface area contributed by atoms with Crippen molar-refractivity contribution >= 4 is 39.8 Å². The first kappa shape index (κ1) is 37.9. The second-order valence-corrected chi connectivity index (χ2v) is 16.1. The molecule has 2 saturated carbocycles. The van der Waals surface area contributed by atoms with Crippen molar-refractivity contribution in [3.05, 3.63) is 35.9 Å². The van der Waals surface area contributed by atoms with Crippen molar-refractivity contribution in [2.75, 3.05) is 34.0 Å². The van der Waals surface area contributed by atoms with E-state index in [9.17, 15) is 32.4 Å². The van der Waals surface area contributed by atoms with Crippen molar-refractivity contribution in [1.82, 2.24) is 20.3 Å². The number of carbonyl (C=O) groups is 5. The van der Waals surface area contributed by atoms with Crippen LogP contribution in [0.1, 0.15) is 69.7 Å². The Hall–Kier alpha value is -4.38. The van der Waals surface area contributed by atoms with E-state index in [0.29, 0.717) is 25.0 Å². The van der Waals surface area contributed by atoms with Gasteiger partial charge in [0.1, 0.15) is 46.4 Å². The van der Waals surface area contributed by atoms with Gasteiger partial charge in [-0.25, -0.2) is 18.0 Å². The van der Waals surface area contributed by atoms with E-state index in [0.717, 1.165) is 0 Å². The van der Waals surface area contributed by atoms with Crippen LogP contribution in [0.25, 0.3) is 0 Å². The number of amides is 4. The summed E-state index contributed by atoms with van der Waals surface area (Å²) in [5.74, 6) is -2.96. The minimum atomic E-state index is -3.94. The smallest absolute Gasteiger partial charge is 0.408 e. The van der Waals surface area contributed by atoms with Gasteiger partial charge in [-0.05, 0) is 65.0 Å². The molecule has 2 heterocycles. The lowest BCUT2D eigenvalue weighted by Gasteiger charge is -2.30. The monoisotopic (exact) mass is 734 g/mol. The Bertz CT molecular complexity index is 1670. The summed E-state index contributed by atoms with van der Waals surface area (Å²) in [6, 6.07) is 2.13. The second-order valence-electron chi connectivity index (χ2n) is 14.1. The van der Waals surface area contributed by atoms with Gasteiger partial charge in [-0.3, -0.25) is 19.1 Å². The molecule has 2 aliphatic carbocycles. The summed E-state index contributed by atoms with van der Waals surface area (Å²) in [7, 11) is -1.09. The van der Waals surface area contributed by atoms with E-state index in [1.165, 1.54) is 31.3 Å². The molecule has 1 aromatic rings. The van der Waals surface area contributed by atoms with E-state index < -0.39 is 80.3 Å². The minimum Gasteiger partial charge on any atom is -0.497 e. The molecule has 17 heteroatoms. The largest absolute Gasteiger partial charge is 0.497 e. The number of rotatable bonds is 8. The average Bonchev–Trinajstić information content (AvgIpc) is 3.99. The number of sulfonamides is 1.